The minimum absolute atomic E-state index is 0.264. The summed E-state index contributed by atoms with van der Waals surface area (Å²) in [5, 5.41) is 0. The summed E-state index contributed by atoms with van der Waals surface area (Å²) in [7, 11) is 0. The molecule has 0 amide bonds. The normalized spacial score (nSPS) is 30.1. The maximum Gasteiger partial charge on any atom is -0.00105 e. The molecule has 0 N–H and O–H groups in total. The Hall–Kier alpha value is -2.34. The van der Waals surface area contributed by atoms with E-state index in [1.165, 1.54) is 41.5 Å². The van der Waals surface area contributed by atoms with Crippen LogP contribution in [0.1, 0.15) is 73.8 Å². The number of fused-ring (bicyclic) bond motifs is 4. The fourth-order valence-electron chi connectivity index (χ4n) is 8.00. The minimum atomic E-state index is 0.264. The minimum Gasteiger partial charge on any atom is -0.0619 e. The van der Waals surface area contributed by atoms with E-state index in [9.17, 15) is 0 Å². The molecule has 3 aromatic carbocycles. The van der Waals surface area contributed by atoms with Gasteiger partial charge in [-0.1, -0.05) is 93.1 Å². The molecule has 0 bridgehead atoms. The van der Waals surface area contributed by atoms with Crippen LogP contribution in [0, 0.1) is 24.2 Å². The van der Waals surface area contributed by atoms with E-state index < -0.39 is 0 Å². The highest BCUT2D eigenvalue weighted by Crippen LogP contribution is 2.66. The van der Waals surface area contributed by atoms with Crippen molar-refractivity contribution in [2.45, 2.75) is 64.7 Å². The summed E-state index contributed by atoms with van der Waals surface area (Å²) in [6, 6.07) is 25.5. The lowest BCUT2D eigenvalue weighted by Gasteiger charge is -2.35. The fourth-order valence-corrected chi connectivity index (χ4v) is 8.00. The van der Waals surface area contributed by atoms with Crippen LogP contribution < -0.4 is 0 Å². The molecule has 0 aromatic heterocycles. The summed E-state index contributed by atoms with van der Waals surface area (Å²) in [4.78, 5) is 0. The third kappa shape index (κ3) is 2.80. The molecule has 0 saturated heterocycles. The lowest BCUT2D eigenvalue weighted by molar-refractivity contribution is 0.239. The molecule has 3 aromatic rings. The number of rotatable bonds is 2. The van der Waals surface area contributed by atoms with Crippen LogP contribution in [0.5, 0.6) is 0 Å². The van der Waals surface area contributed by atoms with Gasteiger partial charge in [-0.05, 0) is 94.6 Å². The van der Waals surface area contributed by atoms with Gasteiger partial charge in [0.2, 0.25) is 0 Å². The van der Waals surface area contributed by atoms with Crippen molar-refractivity contribution in [2.75, 3.05) is 0 Å². The topological polar surface area (TPSA) is 0 Å². The maximum absolute atomic E-state index is 2.61. The van der Waals surface area contributed by atoms with E-state index in [2.05, 4.69) is 94.4 Å². The highest BCUT2D eigenvalue weighted by molar-refractivity contribution is 5.78. The van der Waals surface area contributed by atoms with Crippen LogP contribution in [0.25, 0.3) is 11.1 Å². The van der Waals surface area contributed by atoms with Gasteiger partial charge in [0.15, 0.2) is 0 Å². The molecule has 158 valence electrons. The summed E-state index contributed by atoms with van der Waals surface area (Å²) in [5.74, 6) is 2.29. The average Bonchev–Trinajstić information content (AvgIpc) is 3.40. The predicted octanol–water partition coefficient (Wildman–Crippen LogP) is 8.06. The molecule has 4 unspecified atom stereocenters. The second-order valence-corrected chi connectivity index (χ2v) is 11.5. The maximum atomic E-state index is 2.61. The quantitative estimate of drug-likeness (QED) is 0.316. The second-order valence-electron chi connectivity index (χ2n) is 11.5. The molecular formula is C31H34. The van der Waals surface area contributed by atoms with Crippen molar-refractivity contribution in [1.82, 2.24) is 0 Å². The molecule has 3 aliphatic carbocycles. The molecule has 31 heavy (non-hydrogen) atoms. The van der Waals surface area contributed by atoms with Gasteiger partial charge in [-0.2, -0.15) is 0 Å². The molecule has 6 rings (SSSR count). The van der Waals surface area contributed by atoms with Gasteiger partial charge in [-0.25, -0.2) is 0 Å². The van der Waals surface area contributed by atoms with Gasteiger partial charge < -0.3 is 0 Å². The van der Waals surface area contributed by atoms with Gasteiger partial charge in [0.1, 0.15) is 0 Å². The molecular weight excluding hydrogens is 372 g/mol. The Balaban J connectivity index is 1.42. The Bertz CT molecular complexity index is 1170. The lowest BCUT2D eigenvalue weighted by Crippen LogP contribution is -2.29. The lowest BCUT2D eigenvalue weighted by atomic mass is 9.69. The summed E-state index contributed by atoms with van der Waals surface area (Å²) >= 11 is 0. The molecule has 3 aliphatic rings. The third-order valence-corrected chi connectivity index (χ3v) is 9.19. The molecule has 0 heteroatoms. The molecule has 2 fully saturated rings. The molecule has 0 nitrogen and oxygen atoms in total. The number of aryl methyl sites for hydroxylation is 1. The molecule has 0 radical (unpaired) electrons. The Morgan fingerprint density at radius 2 is 1.52 bits per heavy atom. The fraction of sp³-hybridized carbons (Fsp3) is 0.419. The van der Waals surface area contributed by atoms with Crippen molar-refractivity contribution in [1.29, 1.82) is 0 Å². The van der Waals surface area contributed by atoms with Crippen molar-refractivity contribution in [3.05, 3.63) is 94.5 Å². The van der Waals surface area contributed by atoms with Crippen LogP contribution in [-0.4, -0.2) is 0 Å². The van der Waals surface area contributed by atoms with Crippen LogP contribution in [0.2, 0.25) is 0 Å². The Morgan fingerprint density at radius 3 is 2.35 bits per heavy atom. The van der Waals surface area contributed by atoms with Crippen molar-refractivity contribution in [3.8, 4) is 11.1 Å². The van der Waals surface area contributed by atoms with Crippen LogP contribution >= 0.6 is 0 Å². The Morgan fingerprint density at radius 1 is 0.774 bits per heavy atom. The van der Waals surface area contributed by atoms with Crippen LogP contribution in [0.4, 0.5) is 0 Å². The van der Waals surface area contributed by atoms with Gasteiger partial charge in [0, 0.05) is 0 Å². The van der Waals surface area contributed by atoms with Crippen molar-refractivity contribution in [2.24, 2.45) is 17.3 Å². The molecule has 0 heterocycles. The SMILES string of the molecule is Cc1cccc(C2CC3C(C2)C(C)(c2cccc4c2Cc2ccccc2-4)CC3(C)C)c1. The van der Waals surface area contributed by atoms with E-state index in [0.717, 1.165) is 18.3 Å². The molecule has 2 saturated carbocycles. The number of hydrogen-bond acceptors (Lipinski definition) is 0. The standard InChI is InChI=1S/C31H34/c1-20-9-7-11-21(15-20)23-17-28-29(18-23)31(4,19-30(28,2)3)27-14-8-13-25-24-12-6-5-10-22(24)16-26(25)27/h5-15,23,28-29H,16-19H2,1-4H3. The van der Waals surface area contributed by atoms with E-state index in [1.807, 2.05) is 0 Å². The first-order chi connectivity index (χ1) is 14.9. The van der Waals surface area contributed by atoms with Crippen LogP contribution in [-0.2, 0) is 11.8 Å². The predicted molar refractivity (Wildman–Crippen MR) is 131 cm³/mol. The first-order valence-corrected chi connectivity index (χ1v) is 12.1. The van der Waals surface area contributed by atoms with E-state index >= 15 is 0 Å². The van der Waals surface area contributed by atoms with Crippen LogP contribution in [0.15, 0.2) is 66.7 Å². The van der Waals surface area contributed by atoms with Gasteiger partial charge in [0.25, 0.3) is 0 Å². The zero-order valence-corrected chi connectivity index (χ0v) is 19.4. The summed E-state index contributed by atoms with van der Waals surface area (Å²) in [6.07, 6.45) is 5.11. The van der Waals surface area contributed by atoms with Crippen LogP contribution in [0.3, 0.4) is 0 Å². The first-order valence-electron chi connectivity index (χ1n) is 12.1. The molecule has 0 aliphatic heterocycles. The zero-order chi connectivity index (χ0) is 21.4. The smallest absolute Gasteiger partial charge is 0.00105 e. The summed E-state index contributed by atoms with van der Waals surface area (Å²) in [5.41, 5.74) is 11.3. The highest BCUT2D eigenvalue weighted by Gasteiger charge is 2.59. The van der Waals surface area contributed by atoms with E-state index in [4.69, 9.17) is 0 Å². The van der Waals surface area contributed by atoms with Crippen molar-refractivity contribution >= 4 is 0 Å². The monoisotopic (exact) mass is 406 g/mol. The van der Waals surface area contributed by atoms with Gasteiger partial charge >= 0.3 is 0 Å². The molecule has 0 spiro atoms. The zero-order valence-electron chi connectivity index (χ0n) is 19.4. The summed E-state index contributed by atoms with van der Waals surface area (Å²) < 4.78 is 0. The second kappa shape index (κ2) is 6.58. The average molecular weight is 407 g/mol. The summed E-state index contributed by atoms with van der Waals surface area (Å²) in [6.45, 7) is 9.94. The Labute approximate surface area is 187 Å². The van der Waals surface area contributed by atoms with Gasteiger partial charge in [-0.3, -0.25) is 0 Å². The van der Waals surface area contributed by atoms with Gasteiger partial charge in [0.05, 0.1) is 0 Å². The molecule has 4 atom stereocenters. The number of benzene rings is 3. The van der Waals surface area contributed by atoms with E-state index in [1.54, 1.807) is 16.7 Å². The van der Waals surface area contributed by atoms with Gasteiger partial charge in [-0.15, -0.1) is 0 Å². The van der Waals surface area contributed by atoms with Crippen molar-refractivity contribution < 1.29 is 0 Å². The largest absolute Gasteiger partial charge is 0.0619 e. The van der Waals surface area contributed by atoms with E-state index in [-0.39, 0.29) is 5.41 Å². The van der Waals surface area contributed by atoms with Crippen molar-refractivity contribution in [3.63, 3.8) is 0 Å². The Kier molecular flexibility index (Phi) is 4.11. The third-order valence-electron chi connectivity index (χ3n) is 9.19. The first kappa shape index (κ1) is 19.4. The highest BCUT2D eigenvalue weighted by atomic mass is 14.6. The number of hydrogen-bond donors (Lipinski definition) is 0. The van der Waals surface area contributed by atoms with E-state index in [0.29, 0.717) is 11.3 Å².